The Bertz CT molecular complexity index is 534. The van der Waals surface area contributed by atoms with Gasteiger partial charge in [-0.05, 0) is 26.0 Å². The number of aryl methyl sites for hydroxylation is 1. The van der Waals surface area contributed by atoms with Crippen LogP contribution in [0.2, 0.25) is 0 Å². The van der Waals surface area contributed by atoms with Gasteiger partial charge in [-0.25, -0.2) is 9.97 Å². The van der Waals surface area contributed by atoms with Crippen LogP contribution in [0, 0.1) is 0 Å². The number of aromatic nitrogens is 3. The van der Waals surface area contributed by atoms with E-state index >= 15 is 0 Å². The number of imidazole rings is 1. The van der Waals surface area contributed by atoms with E-state index in [1.165, 1.54) is 0 Å². The van der Waals surface area contributed by atoms with Crippen LogP contribution in [0.5, 0.6) is 0 Å². The van der Waals surface area contributed by atoms with Crippen LogP contribution in [-0.2, 0) is 22.5 Å². The quantitative estimate of drug-likeness (QED) is 0.752. The Balaban J connectivity index is 2.36. The van der Waals surface area contributed by atoms with E-state index in [-0.39, 0.29) is 12.4 Å². The molecule has 17 heavy (non-hydrogen) atoms. The second-order valence-corrected chi connectivity index (χ2v) is 3.60. The molecule has 0 fully saturated rings. The van der Waals surface area contributed by atoms with Crippen LogP contribution < -0.4 is 0 Å². The Labute approximate surface area is 99.4 Å². The number of carbonyl (C=O) groups excluding carboxylic acids is 1. The molecular formula is C12H15N3O2. The first-order valence-corrected chi connectivity index (χ1v) is 5.72. The number of fused-ring (bicyclic) bond motifs is 1. The number of pyridine rings is 1. The van der Waals surface area contributed by atoms with Crippen LogP contribution in [-0.4, -0.2) is 27.1 Å². The zero-order valence-electron chi connectivity index (χ0n) is 10.0. The molecule has 0 radical (unpaired) electrons. The van der Waals surface area contributed by atoms with E-state index in [4.69, 9.17) is 4.74 Å². The van der Waals surface area contributed by atoms with E-state index in [0.717, 1.165) is 17.7 Å². The van der Waals surface area contributed by atoms with Crippen molar-refractivity contribution in [3.63, 3.8) is 0 Å². The van der Waals surface area contributed by atoms with Crippen molar-refractivity contribution in [1.29, 1.82) is 0 Å². The topological polar surface area (TPSA) is 57.0 Å². The number of ether oxygens (including phenoxy) is 1. The van der Waals surface area contributed by atoms with E-state index < -0.39 is 0 Å². The van der Waals surface area contributed by atoms with E-state index in [1.807, 2.05) is 23.6 Å². The molecule has 2 rings (SSSR count). The van der Waals surface area contributed by atoms with Crippen LogP contribution in [0.4, 0.5) is 0 Å². The van der Waals surface area contributed by atoms with Crippen LogP contribution in [0.1, 0.15) is 19.7 Å². The van der Waals surface area contributed by atoms with Crippen molar-refractivity contribution in [3.8, 4) is 0 Å². The average Bonchev–Trinajstić information content (AvgIpc) is 2.66. The maximum atomic E-state index is 11.5. The standard InChI is InChI=1S/C12H15N3O2/c1-3-15-10(8-11(16)17-4-2)14-9-6-5-7-13-12(9)15/h5-7H,3-4,8H2,1-2H3. The van der Waals surface area contributed by atoms with E-state index in [9.17, 15) is 4.79 Å². The summed E-state index contributed by atoms with van der Waals surface area (Å²) < 4.78 is 6.87. The monoisotopic (exact) mass is 233 g/mol. The highest BCUT2D eigenvalue weighted by Crippen LogP contribution is 2.14. The van der Waals surface area contributed by atoms with Gasteiger partial charge < -0.3 is 9.30 Å². The molecule has 0 amide bonds. The molecule has 0 saturated heterocycles. The molecule has 2 heterocycles. The lowest BCUT2D eigenvalue weighted by molar-refractivity contribution is -0.142. The van der Waals surface area contributed by atoms with Crippen molar-refractivity contribution < 1.29 is 9.53 Å². The first-order valence-electron chi connectivity index (χ1n) is 5.72. The highest BCUT2D eigenvalue weighted by atomic mass is 16.5. The second kappa shape index (κ2) is 4.95. The van der Waals surface area contributed by atoms with Gasteiger partial charge in [-0.1, -0.05) is 0 Å². The first-order chi connectivity index (χ1) is 8.26. The summed E-state index contributed by atoms with van der Waals surface area (Å²) in [6.07, 6.45) is 1.92. The molecule has 2 aromatic heterocycles. The summed E-state index contributed by atoms with van der Waals surface area (Å²) in [4.78, 5) is 20.1. The van der Waals surface area contributed by atoms with Crippen LogP contribution in [0.3, 0.4) is 0 Å². The molecule has 0 spiro atoms. The molecule has 90 valence electrons. The Morgan fingerprint density at radius 3 is 3.00 bits per heavy atom. The van der Waals surface area contributed by atoms with Crippen molar-refractivity contribution in [2.24, 2.45) is 0 Å². The van der Waals surface area contributed by atoms with Gasteiger partial charge in [-0.3, -0.25) is 4.79 Å². The Morgan fingerprint density at radius 2 is 2.29 bits per heavy atom. The van der Waals surface area contributed by atoms with E-state index in [0.29, 0.717) is 12.4 Å². The van der Waals surface area contributed by atoms with Crippen molar-refractivity contribution in [1.82, 2.24) is 14.5 Å². The van der Waals surface area contributed by atoms with Gasteiger partial charge in [0.25, 0.3) is 0 Å². The number of esters is 1. The zero-order valence-corrected chi connectivity index (χ0v) is 10.0. The first kappa shape index (κ1) is 11.6. The number of nitrogens with zero attached hydrogens (tertiary/aromatic N) is 3. The SMILES string of the molecule is CCOC(=O)Cc1nc2cccnc2n1CC. The second-order valence-electron chi connectivity index (χ2n) is 3.60. The molecule has 0 saturated carbocycles. The Hall–Kier alpha value is -1.91. The largest absolute Gasteiger partial charge is 0.466 e. The summed E-state index contributed by atoms with van der Waals surface area (Å²) in [5.74, 6) is 0.456. The number of hydrogen-bond donors (Lipinski definition) is 0. The zero-order chi connectivity index (χ0) is 12.3. The van der Waals surface area contributed by atoms with Crippen molar-refractivity contribution >= 4 is 17.1 Å². The Kier molecular flexibility index (Phi) is 3.37. The molecule has 5 nitrogen and oxygen atoms in total. The highest BCUT2D eigenvalue weighted by molar-refractivity contribution is 5.75. The van der Waals surface area contributed by atoms with Gasteiger partial charge in [0.1, 0.15) is 17.8 Å². The van der Waals surface area contributed by atoms with Crippen LogP contribution in [0.25, 0.3) is 11.2 Å². The predicted molar refractivity (Wildman–Crippen MR) is 63.5 cm³/mol. The molecule has 0 aromatic carbocycles. The summed E-state index contributed by atoms with van der Waals surface area (Å²) in [6, 6.07) is 3.73. The van der Waals surface area contributed by atoms with Crippen molar-refractivity contribution in [2.45, 2.75) is 26.8 Å². The minimum Gasteiger partial charge on any atom is -0.466 e. The van der Waals surface area contributed by atoms with Gasteiger partial charge in [0, 0.05) is 12.7 Å². The van der Waals surface area contributed by atoms with Crippen molar-refractivity contribution in [2.75, 3.05) is 6.61 Å². The fourth-order valence-electron chi connectivity index (χ4n) is 1.81. The summed E-state index contributed by atoms with van der Waals surface area (Å²) in [5, 5.41) is 0. The summed E-state index contributed by atoms with van der Waals surface area (Å²) in [5.41, 5.74) is 1.63. The summed E-state index contributed by atoms with van der Waals surface area (Å²) in [7, 11) is 0. The lowest BCUT2D eigenvalue weighted by Gasteiger charge is -2.04. The molecule has 0 aliphatic rings. The lowest BCUT2D eigenvalue weighted by atomic mass is 10.4. The minimum absolute atomic E-state index is 0.192. The number of hydrogen-bond acceptors (Lipinski definition) is 4. The third kappa shape index (κ3) is 2.27. The molecule has 0 aliphatic heterocycles. The highest BCUT2D eigenvalue weighted by Gasteiger charge is 2.14. The molecule has 5 heteroatoms. The van der Waals surface area contributed by atoms with Crippen LogP contribution >= 0.6 is 0 Å². The smallest absolute Gasteiger partial charge is 0.313 e. The van der Waals surface area contributed by atoms with Crippen LogP contribution in [0.15, 0.2) is 18.3 Å². The molecule has 0 atom stereocenters. The average molecular weight is 233 g/mol. The molecule has 0 bridgehead atoms. The van der Waals surface area contributed by atoms with E-state index in [1.54, 1.807) is 13.1 Å². The fraction of sp³-hybridized carbons (Fsp3) is 0.417. The van der Waals surface area contributed by atoms with Gasteiger partial charge in [-0.2, -0.15) is 0 Å². The van der Waals surface area contributed by atoms with E-state index in [2.05, 4.69) is 9.97 Å². The molecule has 2 aromatic rings. The lowest BCUT2D eigenvalue weighted by Crippen LogP contribution is -2.12. The van der Waals surface area contributed by atoms with Crippen molar-refractivity contribution in [3.05, 3.63) is 24.2 Å². The number of carbonyl (C=O) groups is 1. The maximum Gasteiger partial charge on any atom is 0.313 e. The fourth-order valence-corrected chi connectivity index (χ4v) is 1.81. The minimum atomic E-state index is -0.252. The molecule has 0 N–H and O–H groups in total. The number of rotatable bonds is 4. The van der Waals surface area contributed by atoms with Gasteiger partial charge in [0.05, 0.1) is 6.61 Å². The molecule has 0 unspecified atom stereocenters. The summed E-state index contributed by atoms with van der Waals surface area (Å²) >= 11 is 0. The van der Waals surface area contributed by atoms with Gasteiger partial charge in [0.2, 0.25) is 0 Å². The van der Waals surface area contributed by atoms with Gasteiger partial charge in [-0.15, -0.1) is 0 Å². The summed E-state index contributed by atoms with van der Waals surface area (Å²) in [6.45, 7) is 4.93. The maximum absolute atomic E-state index is 11.5. The van der Waals surface area contributed by atoms with Gasteiger partial charge in [0.15, 0.2) is 5.65 Å². The Morgan fingerprint density at radius 1 is 1.47 bits per heavy atom. The third-order valence-corrected chi connectivity index (χ3v) is 2.51. The predicted octanol–water partition coefficient (Wildman–Crippen LogP) is 1.56. The third-order valence-electron chi connectivity index (χ3n) is 2.51. The molecule has 0 aliphatic carbocycles. The van der Waals surface area contributed by atoms with Gasteiger partial charge >= 0.3 is 5.97 Å². The molecular weight excluding hydrogens is 218 g/mol. The normalized spacial score (nSPS) is 10.7.